The molecule has 0 N–H and O–H groups in total. The summed E-state index contributed by atoms with van der Waals surface area (Å²) in [4.78, 5) is 30.8. The molecule has 3 aliphatic rings. The number of nitrogens with zero attached hydrogens (tertiary/aromatic N) is 6. The first-order valence-corrected chi connectivity index (χ1v) is 15.2. The topological polar surface area (TPSA) is 65.0 Å². The molecular formula is C32H38ClFN6O2. The fourth-order valence-electron chi connectivity index (χ4n) is 6.62. The lowest BCUT2D eigenvalue weighted by molar-refractivity contribution is -0.129. The molecule has 0 saturated carbocycles. The van der Waals surface area contributed by atoms with E-state index >= 15 is 0 Å². The maximum Gasteiger partial charge on any atom is 0.318 e. The number of halogens is 2. The Balaban J connectivity index is 1.35. The van der Waals surface area contributed by atoms with Gasteiger partial charge < -0.3 is 24.3 Å². The van der Waals surface area contributed by atoms with E-state index in [2.05, 4.69) is 52.6 Å². The van der Waals surface area contributed by atoms with Crippen LogP contribution in [0.4, 0.5) is 15.9 Å². The van der Waals surface area contributed by atoms with Crippen LogP contribution >= 0.6 is 11.6 Å². The van der Waals surface area contributed by atoms with E-state index in [1.807, 2.05) is 19.1 Å². The highest BCUT2D eigenvalue weighted by molar-refractivity contribution is 6.36. The number of fused-ring (bicyclic) bond motifs is 2. The van der Waals surface area contributed by atoms with Gasteiger partial charge in [-0.1, -0.05) is 42.4 Å². The van der Waals surface area contributed by atoms with E-state index in [0.29, 0.717) is 44.8 Å². The number of hydrogen-bond donors (Lipinski definition) is 0. The molecule has 6 rings (SSSR count). The van der Waals surface area contributed by atoms with Crippen molar-refractivity contribution in [2.75, 3.05) is 56.2 Å². The minimum Gasteiger partial charge on any atom is -0.462 e. The van der Waals surface area contributed by atoms with Crippen LogP contribution in [0, 0.1) is 0 Å². The zero-order valence-corrected chi connectivity index (χ0v) is 25.1. The van der Waals surface area contributed by atoms with Crippen LogP contribution in [-0.2, 0) is 17.8 Å². The molecule has 10 heteroatoms. The molecule has 2 aromatic carbocycles. The third kappa shape index (κ3) is 5.64. The molecule has 8 nitrogen and oxygen atoms in total. The average Bonchev–Trinajstić information content (AvgIpc) is 3.27. The molecular weight excluding hydrogens is 555 g/mol. The summed E-state index contributed by atoms with van der Waals surface area (Å²) in [5.41, 5.74) is 3.14. The second kappa shape index (κ2) is 12.1. The quantitative estimate of drug-likeness (QED) is 0.363. The van der Waals surface area contributed by atoms with Gasteiger partial charge in [0, 0.05) is 54.9 Å². The predicted molar refractivity (Wildman–Crippen MR) is 165 cm³/mol. The second-order valence-electron chi connectivity index (χ2n) is 11.7. The zero-order chi connectivity index (χ0) is 29.4. The van der Waals surface area contributed by atoms with Crippen molar-refractivity contribution in [3.05, 3.63) is 65.1 Å². The summed E-state index contributed by atoms with van der Waals surface area (Å²) in [6.07, 6.45) is 4.00. The van der Waals surface area contributed by atoms with Gasteiger partial charge in [0.1, 0.15) is 12.4 Å². The fraction of sp³-hybridized carbons (Fsp3) is 0.469. The molecule has 1 aromatic heterocycles. The Morgan fingerprint density at radius 1 is 1.12 bits per heavy atom. The summed E-state index contributed by atoms with van der Waals surface area (Å²) in [6, 6.07) is 13.0. The highest BCUT2D eigenvalue weighted by atomic mass is 35.5. The molecule has 222 valence electrons. The lowest BCUT2D eigenvalue weighted by atomic mass is 10.1. The summed E-state index contributed by atoms with van der Waals surface area (Å²) in [7, 11) is 2.13. The Labute approximate surface area is 251 Å². The average molecular weight is 593 g/mol. The van der Waals surface area contributed by atoms with Crippen LogP contribution < -0.4 is 14.5 Å². The van der Waals surface area contributed by atoms with Crippen LogP contribution in [0.25, 0.3) is 10.8 Å². The van der Waals surface area contributed by atoms with Gasteiger partial charge in [-0.2, -0.15) is 9.97 Å². The molecule has 0 aliphatic carbocycles. The summed E-state index contributed by atoms with van der Waals surface area (Å²) in [5, 5.41) is 2.89. The van der Waals surface area contributed by atoms with E-state index in [1.54, 1.807) is 0 Å². The van der Waals surface area contributed by atoms with E-state index < -0.39 is 11.7 Å². The summed E-state index contributed by atoms with van der Waals surface area (Å²) in [6.45, 7) is 9.63. The minimum absolute atomic E-state index is 0.0638. The largest absolute Gasteiger partial charge is 0.462 e. The van der Waals surface area contributed by atoms with Crippen molar-refractivity contribution in [1.29, 1.82) is 0 Å². The highest BCUT2D eigenvalue weighted by Crippen LogP contribution is 2.37. The number of amides is 1. The van der Waals surface area contributed by atoms with Crippen molar-refractivity contribution in [1.82, 2.24) is 19.8 Å². The van der Waals surface area contributed by atoms with Crippen LogP contribution in [0.1, 0.15) is 37.4 Å². The normalized spacial score (nSPS) is 21.4. The first kappa shape index (κ1) is 28.7. The fourth-order valence-corrected chi connectivity index (χ4v) is 6.90. The molecule has 4 heterocycles. The van der Waals surface area contributed by atoms with Gasteiger partial charge in [0.2, 0.25) is 0 Å². The first-order chi connectivity index (χ1) is 20.3. The number of rotatable bonds is 6. The summed E-state index contributed by atoms with van der Waals surface area (Å²) >= 11 is 6.72. The van der Waals surface area contributed by atoms with Gasteiger partial charge in [0.25, 0.3) is 5.91 Å². The predicted octanol–water partition coefficient (Wildman–Crippen LogP) is 5.23. The van der Waals surface area contributed by atoms with Crippen LogP contribution in [0.3, 0.4) is 0 Å². The van der Waals surface area contributed by atoms with Crippen molar-refractivity contribution >= 4 is 39.8 Å². The van der Waals surface area contributed by atoms with Crippen molar-refractivity contribution < 1.29 is 13.9 Å². The second-order valence-corrected chi connectivity index (χ2v) is 12.1. The van der Waals surface area contributed by atoms with Crippen LogP contribution in [0.15, 0.2) is 48.8 Å². The van der Waals surface area contributed by atoms with Crippen LogP contribution in [-0.4, -0.2) is 84.1 Å². The van der Waals surface area contributed by atoms with Gasteiger partial charge in [0.05, 0.1) is 17.3 Å². The molecule has 0 unspecified atom stereocenters. The molecule has 42 heavy (non-hydrogen) atoms. The third-order valence-corrected chi connectivity index (χ3v) is 9.23. The number of likely N-dealkylation sites (tertiary alicyclic amines) is 1. The third-order valence-electron chi connectivity index (χ3n) is 8.91. The molecule has 3 aromatic rings. The van der Waals surface area contributed by atoms with E-state index in [1.165, 1.54) is 4.90 Å². The van der Waals surface area contributed by atoms with Gasteiger partial charge in [-0.15, -0.1) is 0 Å². The van der Waals surface area contributed by atoms with E-state index in [-0.39, 0.29) is 6.04 Å². The molecule has 0 spiro atoms. The van der Waals surface area contributed by atoms with Gasteiger partial charge in [-0.25, -0.2) is 4.39 Å². The van der Waals surface area contributed by atoms with E-state index in [4.69, 9.17) is 26.3 Å². The Morgan fingerprint density at radius 2 is 1.93 bits per heavy atom. The highest BCUT2D eigenvalue weighted by Gasteiger charge is 2.33. The number of carbonyl (C=O) groups is 1. The SMILES string of the molecule is C=C(F)C(=O)N1CCN(c2nc(OC[C@@H]3CCCN3C)nc3c2CCCN(c2cccc4cccc(Cl)c24)C3)[C@@H](C)C1. The zero-order valence-electron chi connectivity index (χ0n) is 24.4. The number of likely N-dealkylation sites (N-methyl/N-ethyl adjacent to an activating group) is 1. The molecule has 2 atom stereocenters. The Kier molecular flexibility index (Phi) is 8.23. The van der Waals surface area contributed by atoms with Crippen molar-refractivity contribution in [3.63, 3.8) is 0 Å². The van der Waals surface area contributed by atoms with Gasteiger partial charge in [-0.05, 0) is 63.7 Å². The lowest BCUT2D eigenvalue weighted by Gasteiger charge is -2.41. The lowest BCUT2D eigenvalue weighted by Crippen LogP contribution is -2.54. The maximum atomic E-state index is 13.6. The minimum atomic E-state index is -0.923. The molecule has 2 fully saturated rings. The maximum absolute atomic E-state index is 13.6. The molecule has 0 bridgehead atoms. The van der Waals surface area contributed by atoms with Crippen molar-refractivity contribution in [3.8, 4) is 6.01 Å². The summed E-state index contributed by atoms with van der Waals surface area (Å²) in [5.74, 6) is -0.712. The molecule has 3 aliphatic heterocycles. The van der Waals surface area contributed by atoms with Crippen LogP contribution in [0.2, 0.25) is 5.02 Å². The standard InChI is InChI=1S/C32H38ClFN6O2/c1-21-18-39(31(41)22(2)34)16-17-40(21)30-25-11-7-15-38(28-13-5-9-23-8-4-12-26(33)29(23)28)19-27(25)35-32(36-30)42-20-24-10-6-14-37(24)3/h4-5,8-9,12-13,21,24H,2,6-7,10-11,14-20H2,1,3H3/t21-,24-/m0/s1. The van der Waals surface area contributed by atoms with Gasteiger partial charge in [0.15, 0.2) is 5.83 Å². The molecule has 0 radical (unpaired) electrons. The Bertz CT molecular complexity index is 1500. The van der Waals surface area contributed by atoms with Gasteiger partial charge in [-0.3, -0.25) is 4.79 Å². The smallest absolute Gasteiger partial charge is 0.318 e. The van der Waals surface area contributed by atoms with E-state index in [9.17, 15) is 9.18 Å². The summed E-state index contributed by atoms with van der Waals surface area (Å²) < 4.78 is 19.9. The van der Waals surface area contributed by atoms with Crippen molar-refractivity contribution in [2.45, 2.75) is 51.2 Å². The number of benzene rings is 2. The number of carbonyl (C=O) groups excluding carboxylic acids is 1. The van der Waals surface area contributed by atoms with Crippen LogP contribution in [0.5, 0.6) is 6.01 Å². The first-order valence-electron chi connectivity index (χ1n) is 14.9. The Morgan fingerprint density at radius 3 is 2.67 bits per heavy atom. The number of aromatic nitrogens is 2. The Hall–Kier alpha value is -3.43. The van der Waals surface area contributed by atoms with Gasteiger partial charge >= 0.3 is 6.01 Å². The number of anilines is 2. The van der Waals surface area contributed by atoms with Crippen molar-refractivity contribution in [2.24, 2.45) is 0 Å². The van der Waals surface area contributed by atoms with E-state index in [0.717, 1.165) is 77.3 Å². The molecule has 1 amide bonds. The number of hydrogen-bond acceptors (Lipinski definition) is 7. The monoisotopic (exact) mass is 592 g/mol. The number of piperazine rings is 1. The number of ether oxygens (including phenoxy) is 1. The molecule has 2 saturated heterocycles.